The Labute approximate surface area is 139 Å². The third-order valence-corrected chi connectivity index (χ3v) is 3.97. The third-order valence-electron chi connectivity index (χ3n) is 3.75. The van der Waals surface area contributed by atoms with E-state index < -0.39 is 0 Å². The first-order chi connectivity index (χ1) is 11.1. The molecule has 2 heterocycles. The van der Waals surface area contributed by atoms with Crippen LogP contribution < -0.4 is 0 Å². The van der Waals surface area contributed by atoms with Crippen LogP contribution in [0.25, 0.3) is 5.69 Å². The van der Waals surface area contributed by atoms with Gasteiger partial charge in [-0.3, -0.25) is 4.90 Å². The summed E-state index contributed by atoms with van der Waals surface area (Å²) in [6, 6.07) is 13.7. The van der Waals surface area contributed by atoms with Crippen LogP contribution in [0.1, 0.15) is 24.4 Å². The number of aromatic nitrogens is 5. The van der Waals surface area contributed by atoms with Gasteiger partial charge in [-0.05, 0) is 48.2 Å². The number of para-hydroxylation sites is 1. The predicted octanol–water partition coefficient (Wildman–Crippen LogP) is 2.90. The van der Waals surface area contributed by atoms with Gasteiger partial charge >= 0.3 is 0 Å². The third kappa shape index (κ3) is 3.55. The Kier molecular flexibility index (Phi) is 4.64. The molecule has 118 valence electrons. The Hall–Kier alpha value is -2.31. The van der Waals surface area contributed by atoms with Crippen molar-refractivity contribution in [2.75, 3.05) is 7.05 Å². The van der Waals surface area contributed by atoms with E-state index in [0.29, 0.717) is 5.15 Å². The Morgan fingerprint density at radius 1 is 1.17 bits per heavy atom. The smallest absolute Gasteiger partial charge is 0.173 e. The summed E-state index contributed by atoms with van der Waals surface area (Å²) in [5.74, 6) is 0.792. The van der Waals surface area contributed by atoms with Crippen molar-refractivity contribution in [2.24, 2.45) is 0 Å². The molecular formula is C16H17ClN6. The number of rotatable bonds is 5. The first-order valence-corrected chi connectivity index (χ1v) is 7.67. The van der Waals surface area contributed by atoms with Gasteiger partial charge in [-0.1, -0.05) is 35.9 Å². The van der Waals surface area contributed by atoms with E-state index in [4.69, 9.17) is 11.6 Å². The maximum absolute atomic E-state index is 5.83. The van der Waals surface area contributed by atoms with Crippen molar-refractivity contribution in [3.8, 4) is 5.69 Å². The maximum atomic E-state index is 5.83. The van der Waals surface area contributed by atoms with Crippen LogP contribution in [0.4, 0.5) is 0 Å². The minimum Gasteiger partial charge on any atom is -0.292 e. The highest BCUT2D eigenvalue weighted by Gasteiger charge is 2.20. The van der Waals surface area contributed by atoms with Gasteiger partial charge in [0.2, 0.25) is 0 Å². The molecule has 0 amide bonds. The maximum Gasteiger partial charge on any atom is 0.173 e. The molecule has 3 rings (SSSR count). The lowest BCUT2D eigenvalue weighted by atomic mass is 10.2. The molecule has 0 N–H and O–H groups in total. The summed E-state index contributed by atoms with van der Waals surface area (Å²) in [6.45, 7) is 2.81. The fraction of sp³-hybridized carbons (Fsp3) is 0.250. The molecule has 0 saturated carbocycles. The minimum absolute atomic E-state index is 0.0425. The van der Waals surface area contributed by atoms with Gasteiger partial charge in [0, 0.05) is 12.7 Å². The summed E-state index contributed by atoms with van der Waals surface area (Å²) >= 11 is 5.83. The number of nitrogens with zero attached hydrogens (tertiary/aromatic N) is 6. The van der Waals surface area contributed by atoms with Crippen molar-refractivity contribution in [2.45, 2.75) is 19.5 Å². The van der Waals surface area contributed by atoms with Crippen molar-refractivity contribution in [1.29, 1.82) is 0 Å². The highest BCUT2D eigenvalue weighted by molar-refractivity contribution is 6.29. The Morgan fingerprint density at radius 2 is 1.96 bits per heavy atom. The molecule has 0 bridgehead atoms. The predicted molar refractivity (Wildman–Crippen MR) is 88.3 cm³/mol. The lowest BCUT2D eigenvalue weighted by molar-refractivity contribution is 0.240. The van der Waals surface area contributed by atoms with Crippen LogP contribution in [-0.4, -0.2) is 37.1 Å². The van der Waals surface area contributed by atoms with Gasteiger partial charge in [0.05, 0.1) is 11.7 Å². The SMILES string of the molecule is CC(c1nnnn1-c1ccccc1)N(C)Cc1ccc(Cl)nc1. The molecule has 0 spiro atoms. The molecule has 0 aliphatic heterocycles. The highest BCUT2D eigenvalue weighted by Crippen LogP contribution is 2.20. The van der Waals surface area contributed by atoms with E-state index in [0.717, 1.165) is 23.6 Å². The van der Waals surface area contributed by atoms with Gasteiger partial charge in [0.25, 0.3) is 0 Å². The second-order valence-electron chi connectivity index (χ2n) is 5.36. The average molecular weight is 329 g/mol. The van der Waals surface area contributed by atoms with Crippen LogP contribution in [0.3, 0.4) is 0 Å². The van der Waals surface area contributed by atoms with Crippen molar-refractivity contribution in [3.63, 3.8) is 0 Å². The van der Waals surface area contributed by atoms with Crippen LogP contribution in [0.2, 0.25) is 5.15 Å². The zero-order chi connectivity index (χ0) is 16.2. The number of benzene rings is 1. The summed E-state index contributed by atoms with van der Waals surface area (Å²) < 4.78 is 1.77. The van der Waals surface area contributed by atoms with E-state index in [1.165, 1.54) is 0 Å². The van der Waals surface area contributed by atoms with Gasteiger partial charge in [-0.2, -0.15) is 4.68 Å². The number of hydrogen-bond acceptors (Lipinski definition) is 5. The second kappa shape index (κ2) is 6.85. The van der Waals surface area contributed by atoms with Crippen molar-refractivity contribution in [1.82, 2.24) is 30.1 Å². The molecule has 0 fully saturated rings. The summed E-state index contributed by atoms with van der Waals surface area (Å²) in [6.07, 6.45) is 1.78. The fourth-order valence-corrected chi connectivity index (χ4v) is 2.44. The van der Waals surface area contributed by atoms with E-state index in [1.807, 2.05) is 43.4 Å². The van der Waals surface area contributed by atoms with Crippen LogP contribution in [0.5, 0.6) is 0 Å². The normalized spacial score (nSPS) is 12.5. The largest absolute Gasteiger partial charge is 0.292 e. The molecule has 3 aromatic rings. The molecule has 0 saturated heterocycles. The minimum atomic E-state index is 0.0425. The molecule has 23 heavy (non-hydrogen) atoms. The van der Waals surface area contributed by atoms with Gasteiger partial charge in [-0.25, -0.2) is 4.98 Å². The summed E-state index contributed by atoms with van der Waals surface area (Å²) in [5.41, 5.74) is 2.03. The quantitative estimate of drug-likeness (QED) is 0.674. The lowest BCUT2D eigenvalue weighted by Crippen LogP contribution is -2.24. The Bertz CT molecular complexity index is 756. The summed E-state index contributed by atoms with van der Waals surface area (Å²) in [7, 11) is 2.03. The molecular weight excluding hydrogens is 312 g/mol. The van der Waals surface area contributed by atoms with E-state index >= 15 is 0 Å². The molecule has 0 radical (unpaired) electrons. The number of pyridine rings is 1. The van der Waals surface area contributed by atoms with Crippen LogP contribution in [0, 0.1) is 0 Å². The van der Waals surface area contributed by atoms with Gasteiger partial charge < -0.3 is 0 Å². The summed E-state index contributed by atoms with van der Waals surface area (Å²) in [5, 5.41) is 12.6. The molecule has 1 aromatic carbocycles. The van der Waals surface area contributed by atoms with E-state index in [2.05, 4.69) is 32.3 Å². The van der Waals surface area contributed by atoms with E-state index in [1.54, 1.807) is 16.9 Å². The van der Waals surface area contributed by atoms with Crippen LogP contribution in [-0.2, 0) is 6.54 Å². The average Bonchev–Trinajstić information content (AvgIpc) is 3.06. The highest BCUT2D eigenvalue weighted by atomic mass is 35.5. The van der Waals surface area contributed by atoms with Gasteiger partial charge in [0.15, 0.2) is 5.82 Å². The molecule has 0 aliphatic carbocycles. The second-order valence-corrected chi connectivity index (χ2v) is 5.75. The van der Waals surface area contributed by atoms with Crippen LogP contribution in [0.15, 0.2) is 48.7 Å². The number of tetrazole rings is 1. The van der Waals surface area contributed by atoms with Gasteiger partial charge in [0.1, 0.15) is 5.15 Å². The lowest BCUT2D eigenvalue weighted by Gasteiger charge is -2.23. The van der Waals surface area contributed by atoms with Crippen molar-refractivity contribution in [3.05, 3.63) is 65.2 Å². The zero-order valence-electron chi connectivity index (χ0n) is 13.0. The van der Waals surface area contributed by atoms with Crippen molar-refractivity contribution >= 4 is 11.6 Å². The monoisotopic (exact) mass is 328 g/mol. The molecule has 0 aliphatic rings. The molecule has 2 aromatic heterocycles. The first kappa shape index (κ1) is 15.6. The number of halogens is 1. The fourth-order valence-electron chi connectivity index (χ4n) is 2.33. The first-order valence-electron chi connectivity index (χ1n) is 7.29. The summed E-state index contributed by atoms with van der Waals surface area (Å²) in [4.78, 5) is 6.28. The van der Waals surface area contributed by atoms with Crippen LogP contribution >= 0.6 is 11.6 Å². The standard InChI is InChI=1S/C16H17ClN6/c1-12(22(2)11-13-8-9-15(17)18-10-13)16-19-20-21-23(16)14-6-4-3-5-7-14/h3-10,12H,11H2,1-2H3. The van der Waals surface area contributed by atoms with E-state index in [-0.39, 0.29) is 6.04 Å². The van der Waals surface area contributed by atoms with Gasteiger partial charge in [-0.15, -0.1) is 5.10 Å². The molecule has 1 atom stereocenters. The Morgan fingerprint density at radius 3 is 2.65 bits per heavy atom. The molecule has 6 nitrogen and oxygen atoms in total. The Balaban J connectivity index is 1.79. The van der Waals surface area contributed by atoms with E-state index in [9.17, 15) is 0 Å². The van der Waals surface area contributed by atoms with Crippen molar-refractivity contribution < 1.29 is 0 Å². The zero-order valence-corrected chi connectivity index (χ0v) is 13.7. The molecule has 1 unspecified atom stereocenters. The number of hydrogen-bond donors (Lipinski definition) is 0. The topological polar surface area (TPSA) is 59.7 Å². The molecule has 7 heteroatoms.